The number of hydrogen-bond donors (Lipinski definition) is 1. The zero-order chi connectivity index (χ0) is 16.1. The zero-order valence-electron chi connectivity index (χ0n) is 12.8. The van der Waals surface area contributed by atoms with Crippen LogP contribution in [0.2, 0.25) is 0 Å². The number of hydrogen-bond acceptors (Lipinski definition) is 4. The van der Waals surface area contributed by atoms with Gasteiger partial charge in [0.05, 0.1) is 18.0 Å². The summed E-state index contributed by atoms with van der Waals surface area (Å²) in [6.07, 6.45) is 4.95. The van der Waals surface area contributed by atoms with Crippen LogP contribution in [-0.4, -0.2) is 34.7 Å². The van der Waals surface area contributed by atoms with Crippen molar-refractivity contribution in [2.75, 3.05) is 13.2 Å². The van der Waals surface area contributed by atoms with Gasteiger partial charge >= 0.3 is 0 Å². The van der Waals surface area contributed by atoms with Gasteiger partial charge in [-0.1, -0.05) is 30.3 Å². The van der Waals surface area contributed by atoms with Gasteiger partial charge in [0.2, 0.25) is 5.91 Å². The predicted octanol–water partition coefficient (Wildman–Crippen LogP) is 1.21. The summed E-state index contributed by atoms with van der Waals surface area (Å²) in [5.74, 6) is -0.201. The fourth-order valence-corrected chi connectivity index (χ4v) is 2.57. The maximum atomic E-state index is 12.0. The van der Waals surface area contributed by atoms with Gasteiger partial charge in [-0.3, -0.25) is 9.59 Å². The van der Waals surface area contributed by atoms with Crippen molar-refractivity contribution in [1.29, 1.82) is 0 Å². The topological polar surface area (TPSA) is 73.2 Å². The molecule has 6 heteroatoms. The maximum Gasteiger partial charge on any atom is 0.269 e. The lowest BCUT2D eigenvalue weighted by molar-refractivity contribution is -0.122. The molecule has 1 atom stereocenters. The van der Waals surface area contributed by atoms with Crippen LogP contribution in [0.4, 0.5) is 0 Å². The Bertz CT molecular complexity index is 721. The first-order valence-corrected chi connectivity index (χ1v) is 7.72. The van der Waals surface area contributed by atoms with Crippen LogP contribution in [0.5, 0.6) is 0 Å². The molecule has 1 amide bonds. The second-order valence-corrected chi connectivity index (χ2v) is 5.54. The number of nitrogens with zero attached hydrogens (tertiary/aromatic N) is 2. The Morgan fingerprint density at radius 2 is 2.17 bits per heavy atom. The van der Waals surface area contributed by atoms with E-state index < -0.39 is 0 Å². The summed E-state index contributed by atoms with van der Waals surface area (Å²) in [6, 6.07) is 9.54. The number of rotatable bonds is 5. The second kappa shape index (κ2) is 7.19. The first kappa shape index (κ1) is 15.4. The van der Waals surface area contributed by atoms with Crippen molar-refractivity contribution in [2.45, 2.75) is 25.5 Å². The maximum absolute atomic E-state index is 12.0. The number of benzene rings is 1. The van der Waals surface area contributed by atoms with E-state index in [0.717, 1.165) is 25.0 Å². The Labute approximate surface area is 134 Å². The van der Waals surface area contributed by atoms with E-state index in [1.807, 2.05) is 30.3 Å². The van der Waals surface area contributed by atoms with Gasteiger partial charge in [0.15, 0.2) is 0 Å². The van der Waals surface area contributed by atoms with Crippen molar-refractivity contribution in [2.24, 2.45) is 0 Å². The SMILES string of the molecule is O=C(Cn1cc(-c2ccccc2)ncc1=O)NC[C@@H]1CCCO1. The smallest absolute Gasteiger partial charge is 0.269 e. The molecule has 1 N–H and O–H groups in total. The Balaban J connectivity index is 1.67. The van der Waals surface area contributed by atoms with Gasteiger partial charge in [0.1, 0.15) is 6.54 Å². The summed E-state index contributed by atoms with van der Waals surface area (Å²) in [5.41, 5.74) is 1.27. The number of carbonyl (C=O) groups is 1. The third-order valence-electron chi connectivity index (χ3n) is 3.81. The third-order valence-corrected chi connectivity index (χ3v) is 3.81. The largest absolute Gasteiger partial charge is 0.376 e. The van der Waals surface area contributed by atoms with Crippen LogP contribution in [0, 0.1) is 0 Å². The summed E-state index contributed by atoms with van der Waals surface area (Å²) in [7, 11) is 0. The van der Waals surface area contributed by atoms with Gasteiger partial charge < -0.3 is 14.6 Å². The fourth-order valence-electron chi connectivity index (χ4n) is 2.57. The quantitative estimate of drug-likeness (QED) is 0.900. The number of amides is 1. The predicted molar refractivity (Wildman–Crippen MR) is 85.9 cm³/mol. The number of carbonyl (C=O) groups excluding carboxylic acids is 1. The van der Waals surface area contributed by atoms with Crippen LogP contribution < -0.4 is 10.9 Å². The van der Waals surface area contributed by atoms with Crippen molar-refractivity contribution in [3.05, 3.63) is 53.1 Å². The standard InChI is InChI=1S/C17H19N3O3/c21-16(19-9-14-7-4-8-23-14)12-20-11-15(18-10-17(20)22)13-5-2-1-3-6-13/h1-3,5-6,10-11,14H,4,7-9,12H2,(H,19,21)/t14-/m0/s1. The molecule has 2 aromatic rings. The number of ether oxygens (including phenoxy) is 1. The first-order chi connectivity index (χ1) is 11.2. The third kappa shape index (κ3) is 4.04. The average Bonchev–Trinajstić information content (AvgIpc) is 3.09. The summed E-state index contributed by atoms with van der Waals surface area (Å²) >= 11 is 0. The van der Waals surface area contributed by atoms with Gasteiger partial charge in [0, 0.05) is 24.9 Å². The normalized spacial score (nSPS) is 17.1. The minimum atomic E-state index is -0.294. The van der Waals surface area contributed by atoms with Crippen LogP contribution in [0.25, 0.3) is 11.3 Å². The Hall–Kier alpha value is -2.47. The molecule has 0 radical (unpaired) electrons. The molecule has 1 aromatic carbocycles. The summed E-state index contributed by atoms with van der Waals surface area (Å²) in [5, 5.41) is 2.82. The van der Waals surface area contributed by atoms with Gasteiger partial charge in [-0.25, -0.2) is 4.98 Å². The highest BCUT2D eigenvalue weighted by Gasteiger charge is 2.16. The highest BCUT2D eigenvalue weighted by molar-refractivity contribution is 5.75. The summed E-state index contributed by atoms with van der Waals surface area (Å²) in [6.45, 7) is 1.23. The summed E-state index contributed by atoms with van der Waals surface area (Å²) in [4.78, 5) is 28.1. The number of nitrogens with one attached hydrogen (secondary N) is 1. The molecular weight excluding hydrogens is 294 g/mol. The first-order valence-electron chi connectivity index (χ1n) is 7.72. The minimum absolute atomic E-state index is 0.0199. The fraction of sp³-hybridized carbons (Fsp3) is 0.353. The monoisotopic (exact) mass is 313 g/mol. The molecule has 23 heavy (non-hydrogen) atoms. The minimum Gasteiger partial charge on any atom is -0.376 e. The van der Waals surface area contributed by atoms with E-state index in [2.05, 4.69) is 10.3 Å². The molecule has 6 nitrogen and oxygen atoms in total. The highest BCUT2D eigenvalue weighted by atomic mass is 16.5. The van der Waals surface area contributed by atoms with Crippen molar-refractivity contribution in [3.63, 3.8) is 0 Å². The van der Waals surface area contributed by atoms with Gasteiger partial charge in [0.25, 0.3) is 5.56 Å². The molecule has 0 spiro atoms. The molecule has 0 bridgehead atoms. The molecule has 1 saturated heterocycles. The Morgan fingerprint density at radius 3 is 2.91 bits per heavy atom. The summed E-state index contributed by atoms with van der Waals surface area (Å²) < 4.78 is 6.84. The number of aromatic nitrogens is 2. The van der Waals surface area contributed by atoms with E-state index in [-0.39, 0.29) is 24.1 Å². The van der Waals surface area contributed by atoms with Crippen molar-refractivity contribution in [3.8, 4) is 11.3 Å². The van der Waals surface area contributed by atoms with Crippen LogP contribution in [0.1, 0.15) is 12.8 Å². The van der Waals surface area contributed by atoms with Crippen molar-refractivity contribution < 1.29 is 9.53 Å². The van der Waals surface area contributed by atoms with E-state index >= 15 is 0 Å². The Kier molecular flexibility index (Phi) is 4.83. The molecule has 1 aromatic heterocycles. The lowest BCUT2D eigenvalue weighted by atomic mass is 10.2. The molecule has 0 saturated carbocycles. The lowest BCUT2D eigenvalue weighted by Gasteiger charge is -2.12. The van der Waals surface area contributed by atoms with Crippen LogP contribution in [0.3, 0.4) is 0 Å². The molecule has 0 aliphatic carbocycles. The zero-order valence-corrected chi connectivity index (χ0v) is 12.8. The van der Waals surface area contributed by atoms with E-state index in [1.165, 1.54) is 10.8 Å². The van der Waals surface area contributed by atoms with Crippen LogP contribution in [0.15, 0.2) is 47.5 Å². The Morgan fingerprint density at radius 1 is 1.35 bits per heavy atom. The van der Waals surface area contributed by atoms with Crippen LogP contribution in [-0.2, 0) is 16.1 Å². The molecule has 3 rings (SSSR count). The van der Waals surface area contributed by atoms with E-state index in [0.29, 0.717) is 12.2 Å². The molecule has 1 aliphatic rings. The van der Waals surface area contributed by atoms with Crippen molar-refractivity contribution in [1.82, 2.24) is 14.9 Å². The molecule has 1 fully saturated rings. The van der Waals surface area contributed by atoms with E-state index in [9.17, 15) is 9.59 Å². The van der Waals surface area contributed by atoms with Gasteiger partial charge in [-0.05, 0) is 12.8 Å². The van der Waals surface area contributed by atoms with E-state index in [1.54, 1.807) is 6.20 Å². The average molecular weight is 313 g/mol. The van der Waals surface area contributed by atoms with E-state index in [4.69, 9.17) is 4.74 Å². The lowest BCUT2D eigenvalue weighted by Crippen LogP contribution is -2.36. The molecule has 0 unspecified atom stereocenters. The van der Waals surface area contributed by atoms with Crippen molar-refractivity contribution >= 4 is 5.91 Å². The van der Waals surface area contributed by atoms with Crippen LogP contribution >= 0.6 is 0 Å². The molecular formula is C17H19N3O3. The van der Waals surface area contributed by atoms with Gasteiger partial charge in [-0.2, -0.15) is 0 Å². The molecule has 1 aliphatic heterocycles. The molecule has 120 valence electrons. The highest BCUT2D eigenvalue weighted by Crippen LogP contribution is 2.14. The molecule has 2 heterocycles. The van der Waals surface area contributed by atoms with Gasteiger partial charge in [-0.15, -0.1) is 0 Å². The second-order valence-electron chi connectivity index (χ2n) is 5.54.